The predicted molar refractivity (Wildman–Crippen MR) is 40.0 cm³/mol. The molecule has 0 saturated heterocycles. The number of hydrogen-bond acceptors (Lipinski definition) is 3. The smallest absolute Gasteiger partial charge is 0.269 e. The summed E-state index contributed by atoms with van der Waals surface area (Å²) < 4.78 is 26.2. The van der Waals surface area contributed by atoms with Crippen LogP contribution < -0.4 is 0 Å². The third-order valence-electron chi connectivity index (χ3n) is 0.969. The highest BCUT2D eigenvalue weighted by atomic mass is 32.2. The molecule has 0 saturated carbocycles. The van der Waals surface area contributed by atoms with Crippen LogP contribution in [-0.2, 0) is 14.3 Å². The Hall–Kier alpha value is -0.0900. The van der Waals surface area contributed by atoms with Crippen molar-refractivity contribution in [1.82, 2.24) is 0 Å². The van der Waals surface area contributed by atoms with Gasteiger partial charge in [0.25, 0.3) is 10.1 Å². The standard InChI is InChI=1S/C6H13O3S/c1-4-5-9-10(7,8)6(2)3/h6H,1,4-5H2,2-3H3. The molecule has 4 heteroatoms. The molecule has 0 aliphatic carbocycles. The van der Waals surface area contributed by atoms with Crippen molar-refractivity contribution in [2.24, 2.45) is 0 Å². The van der Waals surface area contributed by atoms with Crippen LogP contribution in [0.1, 0.15) is 20.3 Å². The minimum Gasteiger partial charge on any atom is -0.270 e. The van der Waals surface area contributed by atoms with E-state index in [0.717, 1.165) is 0 Å². The molecule has 0 fully saturated rings. The van der Waals surface area contributed by atoms with Gasteiger partial charge in [0.2, 0.25) is 0 Å². The minimum absolute atomic E-state index is 0.181. The largest absolute Gasteiger partial charge is 0.270 e. The number of hydrogen-bond donors (Lipinski definition) is 0. The lowest BCUT2D eigenvalue weighted by Crippen LogP contribution is -2.17. The summed E-state index contributed by atoms with van der Waals surface area (Å²) >= 11 is 0. The third-order valence-corrected chi connectivity index (χ3v) is 2.62. The first-order chi connectivity index (χ1) is 4.50. The monoisotopic (exact) mass is 165 g/mol. The molecule has 3 nitrogen and oxygen atoms in total. The van der Waals surface area contributed by atoms with Crippen LogP contribution in [0.25, 0.3) is 0 Å². The molecule has 0 unspecified atom stereocenters. The SMILES string of the molecule is [CH2]CCOS(=O)(=O)C(C)C. The highest BCUT2D eigenvalue weighted by Gasteiger charge is 2.15. The van der Waals surface area contributed by atoms with Crippen molar-refractivity contribution in [3.63, 3.8) is 0 Å². The predicted octanol–water partition coefficient (Wildman–Crippen LogP) is 0.965. The van der Waals surface area contributed by atoms with E-state index < -0.39 is 15.4 Å². The summed E-state index contributed by atoms with van der Waals surface area (Å²) in [5.41, 5.74) is 0. The van der Waals surface area contributed by atoms with Crippen LogP contribution in [-0.4, -0.2) is 20.3 Å². The summed E-state index contributed by atoms with van der Waals surface area (Å²) in [4.78, 5) is 0. The van der Waals surface area contributed by atoms with Gasteiger partial charge < -0.3 is 0 Å². The molecule has 10 heavy (non-hydrogen) atoms. The Morgan fingerprint density at radius 3 is 2.30 bits per heavy atom. The van der Waals surface area contributed by atoms with E-state index in [1.807, 2.05) is 0 Å². The van der Waals surface area contributed by atoms with Crippen molar-refractivity contribution in [3.8, 4) is 0 Å². The average molecular weight is 165 g/mol. The van der Waals surface area contributed by atoms with Gasteiger partial charge in [0, 0.05) is 0 Å². The topological polar surface area (TPSA) is 43.4 Å². The fourth-order valence-corrected chi connectivity index (χ4v) is 0.933. The second kappa shape index (κ2) is 3.93. The quantitative estimate of drug-likeness (QED) is 0.583. The molecule has 0 N–H and O–H groups in total. The second-order valence-electron chi connectivity index (χ2n) is 2.22. The molecule has 0 spiro atoms. The van der Waals surface area contributed by atoms with E-state index in [4.69, 9.17) is 0 Å². The first-order valence-electron chi connectivity index (χ1n) is 3.18. The molecule has 0 bridgehead atoms. The average Bonchev–Trinajstić information content (AvgIpc) is 1.84. The fraction of sp³-hybridized carbons (Fsp3) is 0.833. The molecule has 0 aliphatic heterocycles. The first kappa shape index (κ1) is 9.91. The zero-order valence-corrected chi connectivity index (χ0v) is 7.15. The molecule has 0 aliphatic rings. The van der Waals surface area contributed by atoms with Gasteiger partial charge in [0.1, 0.15) is 0 Å². The molecule has 61 valence electrons. The Kier molecular flexibility index (Phi) is 3.89. The molecule has 0 amide bonds. The highest BCUT2D eigenvalue weighted by Crippen LogP contribution is 2.02. The molecule has 0 rings (SSSR count). The van der Waals surface area contributed by atoms with E-state index >= 15 is 0 Å². The van der Waals surface area contributed by atoms with Crippen molar-refractivity contribution in [3.05, 3.63) is 6.92 Å². The van der Waals surface area contributed by atoms with Gasteiger partial charge in [-0.1, -0.05) is 6.92 Å². The van der Waals surface area contributed by atoms with Gasteiger partial charge in [0.05, 0.1) is 11.9 Å². The maximum atomic E-state index is 10.8. The Balaban J connectivity index is 3.90. The lowest BCUT2D eigenvalue weighted by Gasteiger charge is -2.05. The van der Waals surface area contributed by atoms with Gasteiger partial charge in [-0.15, -0.1) is 0 Å². The lowest BCUT2D eigenvalue weighted by atomic mass is 10.5. The van der Waals surface area contributed by atoms with E-state index in [1.54, 1.807) is 13.8 Å². The summed E-state index contributed by atoms with van der Waals surface area (Å²) in [5.74, 6) is 0. The molecule has 0 atom stereocenters. The van der Waals surface area contributed by atoms with Gasteiger partial charge >= 0.3 is 0 Å². The molecule has 0 heterocycles. The van der Waals surface area contributed by atoms with Crippen molar-refractivity contribution in [2.75, 3.05) is 6.61 Å². The van der Waals surface area contributed by atoms with E-state index in [2.05, 4.69) is 11.1 Å². The summed E-state index contributed by atoms with van der Waals surface area (Å²) in [6.07, 6.45) is 0.478. The highest BCUT2D eigenvalue weighted by molar-refractivity contribution is 7.87. The van der Waals surface area contributed by atoms with Gasteiger partial charge in [-0.25, -0.2) is 0 Å². The summed E-state index contributed by atoms with van der Waals surface area (Å²) in [6, 6.07) is 0. The maximum Gasteiger partial charge on any atom is 0.269 e. The van der Waals surface area contributed by atoms with E-state index in [-0.39, 0.29) is 6.61 Å². The van der Waals surface area contributed by atoms with Crippen molar-refractivity contribution < 1.29 is 12.6 Å². The van der Waals surface area contributed by atoms with Crippen LogP contribution in [0.2, 0.25) is 0 Å². The van der Waals surface area contributed by atoms with Gasteiger partial charge in [-0.3, -0.25) is 4.18 Å². The Bertz CT molecular complexity index is 169. The van der Waals surface area contributed by atoms with Gasteiger partial charge in [-0.2, -0.15) is 8.42 Å². The van der Waals surface area contributed by atoms with Gasteiger partial charge in [0.15, 0.2) is 0 Å². The molecular formula is C6H13O3S. The van der Waals surface area contributed by atoms with Crippen LogP contribution in [0.15, 0.2) is 0 Å². The molecule has 1 radical (unpaired) electrons. The zero-order valence-electron chi connectivity index (χ0n) is 6.33. The molecule has 0 aromatic heterocycles. The Morgan fingerprint density at radius 1 is 1.50 bits per heavy atom. The molecule has 0 aromatic carbocycles. The van der Waals surface area contributed by atoms with Crippen molar-refractivity contribution >= 4 is 10.1 Å². The van der Waals surface area contributed by atoms with E-state index in [1.165, 1.54) is 0 Å². The van der Waals surface area contributed by atoms with E-state index in [0.29, 0.717) is 6.42 Å². The van der Waals surface area contributed by atoms with Crippen LogP contribution in [0.5, 0.6) is 0 Å². The molecule has 0 aromatic rings. The van der Waals surface area contributed by atoms with Crippen LogP contribution >= 0.6 is 0 Å². The summed E-state index contributed by atoms with van der Waals surface area (Å²) in [7, 11) is -3.30. The van der Waals surface area contributed by atoms with Crippen LogP contribution in [0.4, 0.5) is 0 Å². The van der Waals surface area contributed by atoms with Crippen molar-refractivity contribution in [2.45, 2.75) is 25.5 Å². The Labute approximate surface area is 62.5 Å². The normalized spacial score (nSPS) is 12.4. The number of rotatable bonds is 4. The Morgan fingerprint density at radius 2 is 2.00 bits per heavy atom. The minimum atomic E-state index is -3.30. The third kappa shape index (κ3) is 3.17. The summed E-state index contributed by atoms with van der Waals surface area (Å²) in [5, 5.41) is -0.459. The van der Waals surface area contributed by atoms with Crippen molar-refractivity contribution in [1.29, 1.82) is 0 Å². The van der Waals surface area contributed by atoms with Crippen LogP contribution in [0.3, 0.4) is 0 Å². The lowest BCUT2D eigenvalue weighted by molar-refractivity contribution is 0.320. The zero-order chi connectivity index (χ0) is 8.20. The second-order valence-corrected chi connectivity index (χ2v) is 4.38. The molecular weight excluding hydrogens is 152 g/mol. The summed E-state index contributed by atoms with van der Waals surface area (Å²) in [6.45, 7) is 6.80. The first-order valence-corrected chi connectivity index (χ1v) is 4.65. The van der Waals surface area contributed by atoms with Gasteiger partial charge in [-0.05, 0) is 20.3 Å². The fourth-order valence-electron chi connectivity index (χ4n) is 0.311. The maximum absolute atomic E-state index is 10.8. The van der Waals surface area contributed by atoms with E-state index in [9.17, 15) is 8.42 Å². The van der Waals surface area contributed by atoms with Crippen LogP contribution in [0, 0.1) is 6.92 Å².